The first kappa shape index (κ1) is 21.9. The fraction of sp³-hybridized carbons (Fsp3) is 0.115. The number of aromatic nitrogens is 4. The van der Waals surface area contributed by atoms with Gasteiger partial charge in [-0.1, -0.05) is 60.1 Å². The average Bonchev–Trinajstić information content (AvgIpc) is 3.23. The Morgan fingerprint density at radius 1 is 0.912 bits per heavy atom. The molecule has 0 bridgehead atoms. The number of rotatable bonds is 5. The maximum atomic E-state index is 14.4. The Hall–Kier alpha value is -3.97. The Bertz CT molecular complexity index is 1650. The van der Waals surface area contributed by atoms with E-state index >= 15 is 0 Å². The van der Waals surface area contributed by atoms with Crippen molar-refractivity contribution in [3.05, 3.63) is 127 Å². The van der Waals surface area contributed by atoms with Crippen molar-refractivity contribution in [3.63, 3.8) is 0 Å². The number of benzene rings is 3. The molecule has 34 heavy (non-hydrogen) atoms. The van der Waals surface area contributed by atoms with Crippen LogP contribution in [0.3, 0.4) is 0 Å². The second-order valence-corrected chi connectivity index (χ2v) is 8.49. The van der Waals surface area contributed by atoms with Gasteiger partial charge in [0.15, 0.2) is 11.2 Å². The highest BCUT2D eigenvalue weighted by molar-refractivity contribution is 6.30. The monoisotopic (exact) mass is 474 g/mol. The van der Waals surface area contributed by atoms with E-state index in [1.165, 1.54) is 10.6 Å². The van der Waals surface area contributed by atoms with Crippen molar-refractivity contribution < 1.29 is 4.39 Å². The van der Waals surface area contributed by atoms with E-state index in [9.17, 15) is 14.0 Å². The van der Waals surface area contributed by atoms with E-state index in [1.807, 2.05) is 31.2 Å². The first-order valence-corrected chi connectivity index (χ1v) is 11.1. The molecule has 0 spiro atoms. The lowest BCUT2D eigenvalue weighted by Crippen LogP contribution is -2.40. The molecule has 0 aliphatic heterocycles. The summed E-state index contributed by atoms with van der Waals surface area (Å²) in [5, 5.41) is 0.434. The van der Waals surface area contributed by atoms with Crippen molar-refractivity contribution in [2.24, 2.45) is 0 Å². The van der Waals surface area contributed by atoms with Gasteiger partial charge < -0.3 is 4.57 Å². The number of hydrogen-bond donors (Lipinski definition) is 0. The zero-order valence-corrected chi connectivity index (χ0v) is 19.0. The normalized spacial score (nSPS) is 11.3. The molecule has 0 saturated heterocycles. The van der Waals surface area contributed by atoms with Crippen LogP contribution in [0.4, 0.5) is 4.39 Å². The van der Waals surface area contributed by atoms with Gasteiger partial charge in [0.05, 0.1) is 18.6 Å². The first-order valence-electron chi connectivity index (χ1n) is 10.7. The second kappa shape index (κ2) is 8.76. The zero-order valence-electron chi connectivity index (χ0n) is 18.3. The molecule has 0 N–H and O–H groups in total. The third-order valence-corrected chi connectivity index (χ3v) is 6.09. The van der Waals surface area contributed by atoms with Crippen LogP contribution in [0, 0.1) is 12.7 Å². The number of halogens is 2. The second-order valence-electron chi connectivity index (χ2n) is 8.05. The van der Waals surface area contributed by atoms with Crippen LogP contribution in [0.2, 0.25) is 5.02 Å². The van der Waals surface area contributed by atoms with Crippen LogP contribution in [0.25, 0.3) is 16.9 Å². The van der Waals surface area contributed by atoms with Crippen LogP contribution in [0.1, 0.15) is 16.7 Å². The average molecular weight is 475 g/mol. The molecular formula is C26H20ClFN4O2. The van der Waals surface area contributed by atoms with Gasteiger partial charge in [-0.05, 0) is 42.3 Å². The fourth-order valence-corrected chi connectivity index (χ4v) is 4.24. The zero-order chi connectivity index (χ0) is 23.8. The highest BCUT2D eigenvalue weighted by Crippen LogP contribution is 2.19. The van der Waals surface area contributed by atoms with E-state index in [4.69, 9.17) is 11.6 Å². The molecule has 0 aliphatic carbocycles. The van der Waals surface area contributed by atoms with Crippen molar-refractivity contribution in [1.29, 1.82) is 0 Å². The summed E-state index contributed by atoms with van der Waals surface area (Å²) in [6.07, 6.45) is 1.55. The molecule has 0 fully saturated rings. The SMILES string of the molecule is Cc1ccccc1Cn1cnc2c1c(=O)n(Cc1ccccc1F)c(=O)n2-c1cccc(Cl)c1. The lowest BCUT2D eigenvalue weighted by molar-refractivity contribution is 0.586. The van der Waals surface area contributed by atoms with Gasteiger partial charge in [-0.25, -0.2) is 18.7 Å². The van der Waals surface area contributed by atoms with E-state index in [2.05, 4.69) is 4.98 Å². The van der Waals surface area contributed by atoms with Gasteiger partial charge in [0.25, 0.3) is 5.56 Å². The maximum absolute atomic E-state index is 14.4. The van der Waals surface area contributed by atoms with Crippen molar-refractivity contribution >= 4 is 22.8 Å². The highest BCUT2D eigenvalue weighted by Gasteiger charge is 2.20. The highest BCUT2D eigenvalue weighted by atomic mass is 35.5. The summed E-state index contributed by atoms with van der Waals surface area (Å²) in [5.41, 5.74) is 2.10. The first-order chi connectivity index (χ1) is 16.4. The van der Waals surface area contributed by atoms with Crippen molar-refractivity contribution in [1.82, 2.24) is 18.7 Å². The Kier molecular flexibility index (Phi) is 5.63. The molecule has 0 atom stereocenters. The molecule has 8 heteroatoms. The standard InChI is InChI=1S/C26H20ClFN4O2/c1-17-7-2-3-8-18(17)14-30-16-29-24-23(30)25(33)31(15-19-9-4-5-12-22(19)28)26(34)32(24)21-11-6-10-20(27)13-21/h2-13,16H,14-15H2,1H3. The lowest BCUT2D eigenvalue weighted by atomic mass is 10.1. The van der Waals surface area contributed by atoms with Crippen molar-refractivity contribution in [3.8, 4) is 5.69 Å². The summed E-state index contributed by atoms with van der Waals surface area (Å²) in [4.78, 5) is 31.6. The molecule has 0 unspecified atom stereocenters. The predicted octanol–water partition coefficient (Wildman–Crippen LogP) is 4.55. The summed E-state index contributed by atoms with van der Waals surface area (Å²) in [6, 6.07) is 20.7. The third kappa shape index (κ3) is 3.84. The number of fused-ring (bicyclic) bond motifs is 1. The molecule has 0 amide bonds. The summed E-state index contributed by atoms with van der Waals surface area (Å²) in [7, 11) is 0. The molecule has 2 heterocycles. The molecule has 6 nitrogen and oxygen atoms in total. The topological polar surface area (TPSA) is 61.8 Å². The smallest absolute Gasteiger partial charge is 0.320 e. The van der Waals surface area contributed by atoms with Crippen LogP contribution in [0.5, 0.6) is 0 Å². The van der Waals surface area contributed by atoms with E-state index in [-0.39, 0.29) is 23.3 Å². The van der Waals surface area contributed by atoms with Crippen LogP contribution in [-0.2, 0) is 13.1 Å². The van der Waals surface area contributed by atoms with Gasteiger partial charge in [0.1, 0.15) is 5.82 Å². The van der Waals surface area contributed by atoms with Gasteiger partial charge in [0.2, 0.25) is 0 Å². The lowest BCUT2D eigenvalue weighted by Gasteiger charge is -2.14. The summed E-state index contributed by atoms with van der Waals surface area (Å²) >= 11 is 6.19. The minimum absolute atomic E-state index is 0.212. The molecule has 0 aliphatic rings. The van der Waals surface area contributed by atoms with Gasteiger partial charge >= 0.3 is 5.69 Å². The maximum Gasteiger partial charge on any atom is 0.337 e. The van der Waals surface area contributed by atoms with E-state index in [1.54, 1.807) is 53.4 Å². The summed E-state index contributed by atoms with van der Waals surface area (Å²) in [6.45, 7) is 2.18. The van der Waals surface area contributed by atoms with Crippen LogP contribution in [-0.4, -0.2) is 18.7 Å². The fourth-order valence-electron chi connectivity index (χ4n) is 4.06. The Morgan fingerprint density at radius 3 is 2.38 bits per heavy atom. The molecule has 3 aromatic carbocycles. The van der Waals surface area contributed by atoms with Crippen LogP contribution < -0.4 is 11.2 Å². The quantitative estimate of drug-likeness (QED) is 0.375. The molecule has 5 rings (SSSR count). The van der Waals surface area contributed by atoms with E-state index in [0.717, 1.165) is 15.7 Å². The number of imidazole rings is 1. The van der Waals surface area contributed by atoms with Crippen LogP contribution in [0.15, 0.2) is 88.7 Å². The molecular weight excluding hydrogens is 455 g/mol. The van der Waals surface area contributed by atoms with Crippen molar-refractivity contribution in [2.75, 3.05) is 0 Å². The minimum atomic E-state index is -0.621. The van der Waals surface area contributed by atoms with Crippen molar-refractivity contribution in [2.45, 2.75) is 20.0 Å². The van der Waals surface area contributed by atoms with E-state index in [0.29, 0.717) is 17.3 Å². The van der Waals surface area contributed by atoms with Gasteiger partial charge in [0, 0.05) is 17.1 Å². The number of hydrogen-bond acceptors (Lipinski definition) is 3. The molecule has 170 valence electrons. The van der Waals surface area contributed by atoms with Gasteiger partial charge in [-0.3, -0.25) is 9.36 Å². The summed E-state index contributed by atoms with van der Waals surface area (Å²) in [5.74, 6) is -0.489. The summed E-state index contributed by atoms with van der Waals surface area (Å²) < 4.78 is 18.5. The van der Waals surface area contributed by atoms with Crippen LogP contribution >= 0.6 is 11.6 Å². The molecule has 5 aromatic rings. The number of nitrogens with zero attached hydrogens (tertiary/aromatic N) is 4. The van der Waals surface area contributed by atoms with Gasteiger partial charge in [-0.2, -0.15) is 0 Å². The molecule has 2 aromatic heterocycles. The van der Waals surface area contributed by atoms with Gasteiger partial charge in [-0.15, -0.1) is 0 Å². The molecule has 0 saturated carbocycles. The predicted molar refractivity (Wildman–Crippen MR) is 130 cm³/mol. The Morgan fingerprint density at radius 2 is 1.65 bits per heavy atom. The minimum Gasteiger partial charge on any atom is -0.320 e. The molecule has 0 radical (unpaired) electrons. The Labute approximate surface area is 199 Å². The Balaban J connectivity index is 1.79. The van der Waals surface area contributed by atoms with E-state index < -0.39 is 17.1 Å². The largest absolute Gasteiger partial charge is 0.337 e. The third-order valence-electron chi connectivity index (χ3n) is 5.85. The number of aryl methyl sites for hydroxylation is 1.